The van der Waals surface area contributed by atoms with E-state index in [2.05, 4.69) is 9.97 Å². The molecule has 78 valence electrons. The second-order valence-corrected chi connectivity index (χ2v) is 3.22. The Morgan fingerprint density at radius 2 is 2.19 bits per heavy atom. The summed E-state index contributed by atoms with van der Waals surface area (Å²) in [5, 5.41) is 8.67. The van der Waals surface area contributed by atoms with E-state index < -0.39 is 5.95 Å². The van der Waals surface area contributed by atoms with Crippen LogP contribution >= 0.6 is 0 Å². The molecule has 0 spiro atoms. The van der Waals surface area contributed by atoms with Crippen molar-refractivity contribution in [3.8, 4) is 17.3 Å². The molecule has 0 aliphatic heterocycles. The highest BCUT2D eigenvalue weighted by molar-refractivity contribution is 5.62. The van der Waals surface area contributed by atoms with E-state index in [9.17, 15) is 4.39 Å². The van der Waals surface area contributed by atoms with Crippen LogP contribution in [-0.4, -0.2) is 9.97 Å². The van der Waals surface area contributed by atoms with Crippen molar-refractivity contribution < 1.29 is 4.39 Å². The molecule has 0 aliphatic carbocycles. The largest absolute Gasteiger partial charge is 0.264 e. The fourth-order valence-electron chi connectivity index (χ4n) is 1.44. The summed E-state index contributed by atoms with van der Waals surface area (Å²) in [4.78, 5) is 7.75. The van der Waals surface area contributed by atoms with Crippen molar-refractivity contribution >= 4 is 0 Å². The summed E-state index contributed by atoms with van der Waals surface area (Å²) < 4.78 is 13.1. The highest BCUT2D eigenvalue weighted by Crippen LogP contribution is 2.21. The lowest BCUT2D eigenvalue weighted by Crippen LogP contribution is -1.95. The van der Waals surface area contributed by atoms with Gasteiger partial charge in [0.2, 0.25) is 5.95 Å². The lowest BCUT2D eigenvalue weighted by atomic mass is 10.1. The molecule has 0 aliphatic rings. The normalized spacial score (nSPS) is 9.75. The van der Waals surface area contributed by atoms with Gasteiger partial charge in [0.15, 0.2) is 0 Å². The first-order valence-corrected chi connectivity index (χ1v) is 4.74. The second kappa shape index (κ2) is 4.49. The van der Waals surface area contributed by atoms with Gasteiger partial charge in [0.05, 0.1) is 18.2 Å². The zero-order valence-electron chi connectivity index (χ0n) is 8.39. The monoisotopic (exact) mass is 213 g/mol. The van der Waals surface area contributed by atoms with Gasteiger partial charge in [-0.2, -0.15) is 9.65 Å². The molecule has 2 aromatic rings. The van der Waals surface area contributed by atoms with Crippen LogP contribution in [0, 0.1) is 17.3 Å². The SMILES string of the molecule is N#CCc1ccc(F)nc1-c1cccnc1. The molecule has 4 heteroatoms. The number of hydrogen-bond donors (Lipinski definition) is 0. The molecule has 3 nitrogen and oxygen atoms in total. The van der Waals surface area contributed by atoms with E-state index in [4.69, 9.17) is 5.26 Å². The van der Waals surface area contributed by atoms with Gasteiger partial charge in [0.25, 0.3) is 0 Å². The highest BCUT2D eigenvalue weighted by Gasteiger charge is 2.08. The van der Waals surface area contributed by atoms with Crippen LogP contribution in [0.15, 0.2) is 36.7 Å². The van der Waals surface area contributed by atoms with E-state index in [1.165, 1.54) is 6.07 Å². The van der Waals surface area contributed by atoms with Crippen LogP contribution in [0.5, 0.6) is 0 Å². The zero-order valence-corrected chi connectivity index (χ0v) is 8.39. The molecule has 2 aromatic heterocycles. The molecular formula is C12H8FN3. The van der Waals surface area contributed by atoms with Crippen molar-refractivity contribution in [3.63, 3.8) is 0 Å². The van der Waals surface area contributed by atoms with Crippen molar-refractivity contribution in [2.75, 3.05) is 0 Å². The lowest BCUT2D eigenvalue weighted by Gasteiger charge is -2.05. The molecule has 2 rings (SSSR count). The van der Waals surface area contributed by atoms with Crippen molar-refractivity contribution in [3.05, 3.63) is 48.2 Å². The molecule has 2 heterocycles. The van der Waals surface area contributed by atoms with Crippen LogP contribution in [0.1, 0.15) is 5.56 Å². The fourth-order valence-corrected chi connectivity index (χ4v) is 1.44. The second-order valence-electron chi connectivity index (χ2n) is 3.22. The minimum atomic E-state index is -0.555. The third-order valence-electron chi connectivity index (χ3n) is 2.15. The van der Waals surface area contributed by atoms with E-state index >= 15 is 0 Å². The smallest absolute Gasteiger partial charge is 0.213 e. The maximum atomic E-state index is 13.1. The molecular weight excluding hydrogens is 205 g/mol. The topological polar surface area (TPSA) is 49.6 Å². The Labute approximate surface area is 92.2 Å². The lowest BCUT2D eigenvalue weighted by molar-refractivity contribution is 0.584. The zero-order chi connectivity index (χ0) is 11.4. The van der Waals surface area contributed by atoms with Gasteiger partial charge in [-0.15, -0.1) is 0 Å². The van der Waals surface area contributed by atoms with Crippen LogP contribution in [0.25, 0.3) is 11.3 Å². The molecule has 16 heavy (non-hydrogen) atoms. The van der Waals surface area contributed by atoms with Crippen LogP contribution in [0.3, 0.4) is 0 Å². The first-order chi connectivity index (χ1) is 7.81. The molecule has 0 radical (unpaired) electrons. The average molecular weight is 213 g/mol. The van der Waals surface area contributed by atoms with E-state index in [1.807, 2.05) is 6.07 Å². The molecule has 0 fully saturated rings. The standard InChI is InChI=1S/C12H8FN3/c13-11-4-3-9(5-6-14)12(16-11)10-2-1-7-15-8-10/h1-4,7-8H,5H2. The van der Waals surface area contributed by atoms with Gasteiger partial charge in [-0.05, 0) is 23.8 Å². The first kappa shape index (κ1) is 10.2. The number of rotatable bonds is 2. The predicted molar refractivity (Wildman–Crippen MR) is 56.7 cm³/mol. The molecule has 0 N–H and O–H groups in total. The van der Waals surface area contributed by atoms with Crippen molar-refractivity contribution in [1.82, 2.24) is 9.97 Å². The van der Waals surface area contributed by atoms with Crippen molar-refractivity contribution in [1.29, 1.82) is 5.26 Å². The molecule has 0 amide bonds. The molecule has 0 unspecified atom stereocenters. The molecule has 0 saturated carbocycles. The number of pyridine rings is 2. The molecule has 0 saturated heterocycles. The van der Waals surface area contributed by atoms with Crippen LogP contribution in [0.4, 0.5) is 4.39 Å². The molecule has 0 aromatic carbocycles. The number of halogens is 1. The summed E-state index contributed by atoms with van der Waals surface area (Å²) in [6.45, 7) is 0. The quantitative estimate of drug-likeness (QED) is 0.719. The van der Waals surface area contributed by atoms with Crippen LogP contribution in [-0.2, 0) is 6.42 Å². The summed E-state index contributed by atoms with van der Waals surface area (Å²) in [6, 6.07) is 8.40. The van der Waals surface area contributed by atoms with Gasteiger partial charge in [0.1, 0.15) is 0 Å². The van der Waals surface area contributed by atoms with Gasteiger partial charge in [-0.1, -0.05) is 6.07 Å². The first-order valence-electron chi connectivity index (χ1n) is 4.74. The minimum Gasteiger partial charge on any atom is -0.264 e. The van der Waals surface area contributed by atoms with Gasteiger partial charge >= 0.3 is 0 Å². The van der Waals surface area contributed by atoms with Crippen LogP contribution < -0.4 is 0 Å². The van der Waals surface area contributed by atoms with E-state index in [0.717, 1.165) is 0 Å². The Morgan fingerprint density at radius 1 is 1.31 bits per heavy atom. The summed E-state index contributed by atoms with van der Waals surface area (Å²) >= 11 is 0. The van der Waals surface area contributed by atoms with Crippen LogP contribution in [0.2, 0.25) is 0 Å². The molecule has 0 atom stereocenters. The fraction of sp³-hybridized carbons (Fsp3) is 0.0833. The average Bonchev–Trinajstić information content (AvgIpc) is 2.33. The highest BCUT2D eigenvalue weighted by atomic mass is 19.1. The van der Waals surface area contributed by atoms with Crippen molar-refractivity contribution in [2.45, 2.75) is 6.42 Å². The van der Waals surface area contributed by atoms with Gasteiger partial charge in [0, 0.05) is 18.0 Å². The van der Waals surface area contributed by atoms with E-state index in [-0.39, 0.29) is 6.42 Å². The van der Waals surface area contributed by atoms with Gasteiger partial charge < -0.3 is 0 Å². The third kappa shape index (κ3) is 2.04. The van der Waals surface area contributed by atoms with Gasteiger partial charge in [-0.25, -0.2) is 4.98 Å². The third-order valence-corrected chi connectivity index (χ3v) is 2.15. The molecule has 0 bridgehead atoms. The Balaban J connectivity index is 2.55. The number of nitriles is 1. The van der Waals surface area contributed by atoms with Gasteiger partial charge in [-0.3, -0.25) is 4.98 Å². The number of nitrogens with zero attached hydrogens (tertiary/aromatic N) is 3. The maximum absolute atomic E-state index is 13.1. The Kier molecular flexibility index (Phi) is 2.88. The van der Waals surface area contributed by atoms with E-state index in [0.29, 0.717) is 16.8 Å². The minimum absolute atomic E-state index is 0.206. The number of hydrogen-bond acceptors (Lipinski definition) is 3. The summed E-state index contributed by atoms with van der Waals surface area (Å²) in [5.74, 6) is -0.555. The summed E-state index contributed by atoms with van der Waals surface area (Å²) in [5.41, 5.74) is 1.90. The predicted octanol–water partition coefficient (Wildman–Crippen LogP) is 2.35. The van der Waals surface area contributed by atoms with E-state index in [1.54, 1.807) is 30.6 Å². The summed E-state index contributed by atoms with van der Waals surface area (Å²) in [7, 11) is 0. The van der Waals surface area contributed by atoms with Crippen molar-refractivity contribution in [2.24, 2.45) is 0 Å². The maximum Gasteiger partial charge on any atom is 0.213 e. The number of aromatic nitrogens is 2. The summed E-state index contributed by atoms with van der Waals surface area (Å²) in [6.07, 6.45) is 3.44. The Morgan fingerprint density at radius 3 is 2.88 bits per heavy atom. The Bertz CT molecular complexity index is 532. The Hall–Kier alpha value is -2.28.